The number of ether oxygens (including phenoxy) is 2. The van der Waals surface area contributed by atoms with Gasteiger partial charge in [0, 0.05) is 11.6 Å². The summed E-state index contributed by atoms with van der Waals surface area (Å²) in [6.07, 6.45) is 0.870. The lowest BCUT2D eigenvalue weighted by Gasteiger charge is -2.23. The van der Waals surface area contributed by atoms with Crippen molar-refractivity contribution < 1.29 is 28.7 Å². The van der Waals surface area contributed by atoms with Gasteiger partial charge in [-0.15, -0.1) is 0 Å². The van der Waals surface area contributed by atoms with Gasteiger partial charge < -0.3 is 19.1 Å². The van der Waals surface area contributed by atoms with E-state index in [0.29, 0.717) is 41.6 Å². The van der Waals surface area contributed by atoms with Crippen LogP contribution in [0.1, 0.15) is 43.2 Å². The molecule has 0 spiro atoms. The first-order valence-corrected chi connectivity index (χ1v) is 11.1. The number of carbonyl (C=O) groups is 2. The van der Waals surface area contributed by atoms with Crippen LogP contribution >= 0.6 is 0 Å². The van der Waals surface area contributed by atoms with Crippen molar-refractivity contribution in [3.63, 3.8) is 0 Å². The molecule has 0 saturated carbocycles. The van der Waals surface area contributed by atoms with Crippen molar-refractivity contribution in [2.45, 2.75) is 33.2 Å². The second kappa shape index (κ2) is 9.82. The SMILES string of the molecule is CCCOc1ccc(C(O)=C2C(=O)C(=O)N(c3cc(C)on3)C2c2ccc(OCC)cc2)cc1. The van der Waals surface area contributed by atoms with Gasteiger partial charge in [0.15, 0.2) is 5.82 Å². The lowest BCUT2D eigenvalue weighted by atomic mass is 9.95. The van der Waals surface area contributed by atoms with E-state index < -0.39 is 17.7 Å². The molecule has 0 bridgehead atoms. The van der Waals surface area contributed by atoms with Crippen LogP contribution < -0.4 is 14.4 Å². The number of hydrogen-bond donors (Lipinski definition) is 1. The maximum absolute atomic E-state index is 13.2. The summed E-state index contributed by atoms with van der Waals surface area (Å²) in [5.41, 5.74) is 0.985. The molecule has 3 aromatic rings. The van der Waals surface area contributed by atoms with Crippen molar-refractivity contribution in [1.82, 2.24) is 5.16 Å². The topological polar surface area (TPSA) is 102 Å². The average Bonchev–Trinajstić information content (AvgIpc) is 3.38. The Morgan fingerprint density at radius 1 is 1.03 bits per heavy atom. The van der Waals surface area contributed by atoms with E-state index in [1.807, 2.05) is 13.8 Å². The van der Waals surface area contributed by atoms with Gasteiger partial charge in [-0.25, -0.2) is 0 Å². The fourth-order valence-corrected chi connectivity index (χ4v) is 3.85. The Balaban J connectivity index is 1.81. The van der Waals surface area contributed by atoms with Crippen LogP contribution in [0.3, 0.4) is 0 Å². The number of nitrogens with zero attached hydrogens (tertiary/aromatic N) is 2. The molecule has 1 saturated heterocycles. The molecule has 1 N–H and O–H groups in total. The molecule has 8 heteroatoms. The van der Waals surface area contributed by atoms with Gasteiger partial charge in [0.05, 0.1) is 24.8 Å². The van der Waals surface area contributed by atoms with Gasteiger partial charge in [-0.3, -0.25) is 14.5 Å². The number of amides is 1. The van der Waals surface area contributed by atoms with E-state index in [-0.39, 0.29) is 17.2 Å². The Morgan fingerprint density at radius 2 is 1.68 bits per heavy atom. The number of benzene rings is 2. The third kappa shape index (κ3) is 4.39. The second-order valence-electron chi connectivity index (χ2n) is 7.84. The molecule has 1 aliphatic heterocycles. The molecule has 1 unspecified atom stereocenters. The van der Waals surface area contributed by atoms with Crippen LogP contribution in [0, 0.1) is 6.92 Å². The standard InChI is InChI=1S/C26H26N2O6/c1-4-14-33-20-12-8-18(9-13-20)24(29)22-23(17-6-10-19(11-7-17)32-5-2)28(26(31)25(22)30)21-15-16(3)34-27-21/h6-13,15,23,29H,4-5,14H2,1-3H3. The Hall–Kier alpha value is -4.07. The van der Waals surface area contributed by atoms with E-state index in [1.54, 1.807) is 61.5 Å². The number of carbonyl (C=O) groups excluding carboxylic acids is 2. The van der Waals surface area contributed by atoms with E-state index in [2.05, 4.69) is 5.16 Å². The summed E-state index contributed by atoms with van der Waals surface area (Å²) < 4.78 is 16.3. The third-order valence-electron chi connectivity index (χ3n) is 5.41. The summed E-state index contributed by atoms with van der Waals surface area (Å²) in [7, 11) is 0. The van der Waals surface area contributed by atoms with Crippen LogP contribution in [0.5, 0.6) is 11.5 Å². The number of ketones is 1. The van der Waals surface area contributed by atoms with Gasteiger partial charge >= 0.3 is 5.91 Å². The lowest BCUT2D eigenvalue weighted by Crippen LogP contribution is -2.29. The van der Waals surface area contributed by atoms with Gasteiger partial charge in [-0.1, -0.05) is 24.2 Å². The first kappa shape index (κ1) is 23.1. The van der Waals surface area contributed by atoms with Gasteiger partial charge in [-0.2, -0.15) is 0 Å². The number of anilines is 1. The van der Waals surface area contributed by atoms with E-state index in [9.17, 15) is 14.7 Å². The van der Waals surface area contributed by atoms with Crippen molar-refractivity contribution in [2.24, 2.45) is 0 Å². The zero-order valence-corrected chi connectivity index (χ0v) is 19.3. The molecule has 1 atom stereocenters. The van der Waals surface area contributed by atoms with E-state index in [1.165, 1.54) is 4.90 Å². The average molecular weight is 463 g/mol. The highest BCUT2D eigenvalue weighted by atomic mass is 16.5. The van der Waals surface area contributed by atoms with Crippen LogP contribution in [0.15, 0.2) is 64.7 Å². The van der Waals surface area contributed by atoms with Gasteiger partial charge in [0.2, 0.25) is 0 Å². The first-order valence-electron chi connectivity index (χ1n) is 11.1. The molecule has 34 heavy (non-hydrogen) atoms. The van der Waals surface area contributed by atoms with Crippen LogP contribution in [0.2, 0.25) is 0 Å². The van der Waals surface area contributed by atoms with Crippen LogP contribution in [-0.2, 0) is 9.59 Å². The summed E-state index contributed by atoms with van der Waals surface area (Å²) in [6.45, 7) is 6.67. The summed E-state index contributed by atoms with van der Waals surface area (Å²) in [5.74, 6) is 0.121. The van der Waals surface area contributed by atoms with Gasteiger partial charge in [0.25, 0.3) is 5.78 Å². The Morgan fingerprint density at radius 3 is 2.26 bits per heavy atom. The highest BCUT2D eigenvalue weighted by Gasteiger charge is 2.48. The van der Waals surface area contributed by atoms with Crippen LogP contribution in [0.4, 0.5) is 5.82 Å². The molecule has 2 heterocycles. The predicted molar refractivity (Wildman–Crippen MR) is 126 cm³/mol. The molecule has 2 aromatic carbocycles. The minimum absolute atomic E-state index is 0.0305. The smallest absolute Gasteiger partial charge is 0.301 e. The highest BCUT2D eigenvalue weighted by molar-refractivity contribution is 6.51. The molecular formula is C26H26N2O6. The number of Topliss-reactive ketones (excluding diaryl/α,β-unsaturated/α-hetero) is 1. The summed E-state index contributed by atoms with van der Waals surface area (Å²) in [4.78, 5) is 27.5. The molecule has 1 aromatic heterocycles. The number of aliphatic hydroxyl groups excluding tert-OH is 1. The molecule has 176 valence electrons. The maximum atomic E-state index is 13.2. The number of aryl methyl sites for hydroxylation is 1. The van der Waals surface area contributed by atoms with E-state index in [0.717, 1.165) is 6.42 Å². The first-order chi connectivity index (χ1) is 16.4. The van der Waals surface area contributed by atoms with Gasteiger partial charge in [0.1, 0.15) is 23.0 Å². The van der Waals surface area contributed by atoms with Crippen molar-refractivity contribution in [1.29, 1.82) is 0 Å². The lowest BCUT2D eigenvalue weighted by molar-refractivity contribution is -0.132. The fraction of sp³-hybridized carbons (Fsp3) is 0.269. The molecule has 1 amide bonds. The minimum Gasteiger partial charge on any atom is -0.507 e. The zero-order valence-electron chi connectivity index (χ0n) is 19.3. The number of hydrogen-bond acceptors (Lipinski definition) is 7. The predicted octanol–water partition coefficient (Wildman–Crippen LogP) is 4.80. The quantitative estimate of drug-likeness (QED) is 0.291. The second-order valence-corrected chi connectivity index (χ2v) is 7.84. The molecule has 1 fully saturated rings. The van der Waals surface area contributed by atoms with Crippen molar-refractivity contribution in [2.75, 3.05) is 18.1 Å². The highest BCUT2D eigenvalue weighted by Crippen LogP contribution is 2.42. The van der Waals surface area contributed by atoms with Crippen molar-refractivity contribution >= 4 is 23.3 Å². The maximum Gasteiger partial charge on any atom is 0.301 e. The Labute approximate surface area is 197 Å². The van der Waals surface area contributed by atoms with Crippen molar-refractivity contribution in [3.05, 3.63) is 77.1 Å². The van der Waals surface area contributed by atoms with E-state index in [4.69, 9.17) is 14.0 Å². The monoisotopic (exact) mass is 462 g/mol. The van der Waals surface area contributed by atoms with E-state index >= 15 is 0 Å². The van der Waals surface area contributed by atoms with Crippen molar-refractivity contribution in [3.8, 4) is 11.5 Å². The Kier molecular flexibility index (Phi) is 6.67. The number of aliphatic hydroxyl groups is 1. The molecule has 4 rings (SSSR count). The molecule has 1 aliphatic rings. The normalized spacial score (nSPS) is 17.3. The molecule has 0 radical (unpaired) electrons. The number of aromatic nitrogens is 1. The molecule has 0 aliphatic carbocycles. The fourth-order valence-electron chi connectivity index (χ4n) is 3.85. The summed E-state index contributed by atoms with van der Waals surface area (Å²) >= 11 is 0. The zero-order chi connectivity index (χ0) is 24.2. The molecule has 8 nitrogen and oxygen atoms in total. The Bertz CT molecular complexity index is 1210. The minimum atomic E-state index is -0.892. The van der Waals surface area contributed by atoms with Crippen LogP contribution in [0.25, 0.3) is 5.76 Å². The third-order valence-corrected chi connectivity index (χ3v) is 5.41. The summed E-state index contributed by atoms with van der Waals surface area (Å²) in [5, 5.41) is 15.1. The van der Waals surface area contributed by atoms with Gasteiger partial charge in [-0.05, 0) is 62.2 Å². The molecular weight excluding hydrogens is 436 g/mol. The largest absolute Gasteiger partial charge is 0.507 e. The number of rotatable bonds is 8. The van der Waals surface area contributed by atoms with Crippen LogP contribution in [-0.4, -0.2) is 35.2 Å². The summed E-state index contributed by atoms with van der Waals surface area (Å²) in [6, 6.07) is 14.5.